The lowest BCUT2D eigenvalue weighted by molar-refractivity contribution is -0.125. The number of nitriles is 1. The zero-order chi connectivity index (χ0) is 24.7. The molecule has 2 aliphatic rings. The van der Waals surface area contributed by atoms with Crippen molar-refractivity contribution in [3.8, 4) is 11.8 Å². The highest BCUT2D eigenvalue weighted by Crippen LogP contribution is 2.55. The summed E-state index contributed by atoms with van der Waals surface area (Å²) in [5.41, 5.74) is 8.31. The molecule has 3 aromatic rings. The highest BCUT2D eigenvalue weighted by atomic mass is 16.5. The Morgan fingerprint density at radius 1 is 1.06 bits per heavy atom. The largest absolute Gasteiger partial charge is 0.497 e. The SMILES string of the molecule is COc1cccc(C(=O)[C@@H]2[C@H](c3ccccc3)[C@](C#N)(C(N)=O)[C@@H]3C=Cc4cc(C)ccc4N23)c1. The van der Waals surface area contributed by atoms with E-state index < -0.39 is 29.3 Å². The quantitative estimate of drug-likeness (QED) is 0.571. The average Bonchev–Trinajstić information content (AvgIpc) is 3.20. The first-order valence-electron chi connectivity index (χ1n) is 11.4. The molecule has 0 unspecified atom stereocenters. The number of hydrogen-bond donors (Lipinski definition) is 1. The van der Waals surface area contributed by atoms with Crippen molar-refractivity contribution in [2.45, 2.75) is 24.9 Å². The number of nitrogens with zero attached hydrogens (tertiary/aromatic N) is 2. The van der Waals surface area contributed by atoms with Gasteiger partial charge in [0.25, 0.3) is 0 Å². The molecule has 174 valence electrons. The molecule has 0 saturated carbocycles. The zero-order valence-electron chi connectivity index (χ0n) is 19.5. The lowest BCUT2D eigenvalue weighted by Crippen LogP contribution is -2.49. The van der Waals surface area contributed by atoms with Crippen molar-refractivity contribution in [2.75, 3.05) is 12.0 Å². The van der Waals surface area contributed by atoms with Gasteiger partial charge in [0.1, 0.15) is 11.8 Å². The number of carbonyl (C=O) groups is 2. The molecule has 6 nitrogen and oxygen atoms in total. The van der Waals surface area contributed by atoms with Crippen molar-refractivity contribution in [1.82, 2.24) is 0 Å². The van der Waals surface area contributed by atoms with Crippen molar-refractivity contribution < 1.29 is 14.3 Å². The predicted octanol–water partition coefficient (Wildman–Crippen LogP) is 4.25. The first-order valence-corrected chi connectivity index (χ1v) is 11.4. The minimum atomic E-state index is -1.65. The van der Waals surface area contributed by atoms with Gasteiger partial charge in [0.05, 0.1) is 19.2 Å². The summed E-state index contributed by atoms with van der Waals surface area (Å²) in [4.78, 5) is 29.4. The standard InChI is InChI=1S/C29H25N3O3/c1-18-11-13-23-20(15-18)12-14-24-29(17-30,28(31)34)25(19-7-4-3-5-8-19)26(32(23)24)27(33)21-9-6-10-22(16-21)35-2/h3-16,24-26H,1-2H3,(H2,31,34)/t24-,25-,26-,29+/m0/s1. The maximum atomic E-state index is 14.3. The van der Waals surface area contributed by atoms with E-state index in [1.165, 1.54) is 0 Å². The van der Waals surface area contributed by atoms with Crippen LogP contribution in [0.2, 0.25) is 0 Å². The molecule has 0 spiro atoms. The van der Waals surface area contributed by atoms with Gasteiger partial charge in [0.15, 0.2) is 11.2 Å². The van der Waals surface area contributed by atoms with Gasteiger partial charge >= 0.3 is 0 Å². The van der Waals surface area contributed by atoms with Gasteiger partial charge in [0, 0.05) is 17.2 Å². The molecule has 0 aliphatic carbocycles. The van der Waals surface area contributed by atoms with Crippen molar-refractivity contribution in [1.29, 1.82) is 5.26 Å². The summed E-state index contributed by atoms with van der Waals surface area (Å²) in [5, 5.41) is 10.6. The maximum Gasteiger partial charge on any atom is 0.241 e. The number of Topliss-reactive ketones (excluding diaryl/α,β-unsaturated/α-hetero) is 1. The van der Waals surface area contributed by atoms with Crippen LogP contribution in [0.4, 0.5) is 5.69 Å². The first kappa shape index (κ1) is 22.4. The van der Waals surface area contributed by atoms with E-state index in [0.29, 0.717) is 16.9 Å². The Morgan fingerprint density at radius 2 is 1.83 bits per heavy atom. The van der Waals surface area contributed by atoms with E-state index in [-0.39, 0.29) is 5.78 Å². The van der Waals surface area contributed by atoms with E-state index in [4.69, 9.17) is 10.5 Å². The Kier molecular flexibility index (Phi) is 5.41. The topological polar surface area (TPSA) is 96.4 Å². The van der Waals surface area contributed by atoms with Crippen molar-refractivity contribution in [3.05, 3.63) is 101 Å². The third-order valence-corrected chi connectivity index (χ3v) is 7.17. The molecule has 4 atom stereocenters. The van der Waals surface area contributed by atoms with Crippen LogP contribution in [0.5, 0.6) is 5.75 Å². The second-order valence-electron chi connectivity index (χ2n) is 9.05. The number of hydrogen-bond acceptors (Lipinski definition) is 5. The number of amides is 1. The lowest BCUT2D eigenvalue weighted by atomic mass is 9.67. The van der Waals surface area contributed by atoms with Crippen LogP contribution in [-0.2, 0) is 4.79 Å². The monoisotopic (exact) mass is 463 g/mol. The normalized spacial score (nSPS) is 24.3. The van der Waals surface area contributed by atoms with E-state index in [0.717, 1.165) is 16.8 Å². The van der Waals surface area contributed by atoms with Gasteiger partial charge in [0.2, 0.25) is 5.91 Å². The summed E-state index contributed by atoms with van der Waals surface area (Å²) in [6.45, 7) is 2.00. The van der Waals surface area contributed by atoms with Gasteiger partial charge in [-0.15, -0.1) is 0 Å². The van der Waals surface area contributed by atoms with Crippen LogP contribution < -0.4 is 15.4 Å². The number of carbonyl (C=O) groups excluding carboxylic acids is 2. The number of anilines is 1. The fraction of sp³-hybridized carbons (Fsp3) is 0.207. The summed E-state index contributed by atoms with van der Waals surface area (Å²) < 4.78 is 5.35. The number of fused-ring (bicyclic) bond motifs is 3. The van der Waals surface area contributed by atoms with E-state index >= 15 is 0 Å². The Balaban J connectivity index is 1.80. The molecule has 2 N–H and O–H groups in total. The summed E-state index contributed by atoms with van der Waals surface area (Å²) in [6, 6.07) is 22.9. The highest BCUT2D eigenvalue weighted by Gasteiger charge is 2.65. The number of methoxy groups -OCH3 is 1. The molecule has 3 aromatic carbocycles. The van der Waals surface area contributed by atoms with E-state index in [9.17, 15) is 14.9 Å². The molecule has 5 rings (SSSR count). The van der Waals surface area contributed by atoms with Gasteiger partial charge < -0.3 is 15.4 Å². The van der Waals surface area contributed by atoms with Crippen LogP contribution >= 0.6 is 0 Å². The Bertz CT molecular complexity index is 1390. The minimum absolute atomic E-state index is 0.206. The van der Waals surface area contributed by atoms with E-state index in [2.05, 4.69) is 6.07 Å². The number of rotatable bonds is 5. The Labute approximate surface area is 204 Å². The highest BCUT2D eigenvalue weighted by molar-refractivity contribution is 6.06. The fourth-order valence-corrected chi connectivity index (χ4v) is 5.59. The second kappa shape index (κ2) is 8.44. The van der Waals surface area contributed by atoms with Crippen LogP contribution in [0.1, 0.15) is 33.0 Å². The molecular formula is C29H25N3O3. The van der Waals surface area contributed by atoms with Crippen LogP contribution in [0.15, 0.2) is 78.9 Å². The van der Waals surface area contributed by atoms with Gasteiger partial charge in [-0.2, -0.15) is 5.26 Å². The number of primary amides is 1. The molecule has 35 heavy (non-hydrogen) atoms. The zero-order valence-corrected chi connectivity index (χ0v) is 19.5. The molecule has 0 bridgehead atoms. The molecule has 6 heteroatoms. The number of benzene rings is 3. The molecule has 1 amide bonds. The number of nitrogens with two attached hydrogens (primary N) is 1. The molecular weight excluding hydrogens is 438 g/mol. The molecule has 2 heterocycles. The number of ether oxygens (including phenoxy) is 1. The summed E-state index contributed by atoms with van der Waals surface area (Å²) in [5.74, 6) is -1.18. The van der Waals surface area contributed by atoms with Crippen LogP contribution in [0.25, 0.3) is 6.08 Å². The number of ketones is 1. The van der Waals surface area contributed by atoms with Gasteiger partial charge in [-0.3, -0.25) is 9.59 Å². The predicted molar refractivity (Wildman–Crippen MR) is 134 cm³/mol. The molecule has 0 aromatic heterocycles. The van der Waals surface area contributed by atoms with Crippen molar-refractivity contribution in [2.24, 2.45) is 11.1 Å². The smallest absolute Gasteiger partial charge is 0.241 e. The summed E-state index contributed by atoms with van der Waals surface area (Å²) in [7, 11) is 1.55. The van der Waals surface area contributed by atoms with Crippen LogP contribution in [0.3, 0.4) is 0 Å². The van der Waals surface area contributed by atoms with E-state index in [1.54, 1.807) is 31.4 Å². The number of aryl methyl sites for hydroxylation is 1. The summed E-state index contributed by atoms with van der Waals surface area (Å²) in [6.07, 6.45) is 3.75. The molecule has 1 fully saturated rings. The first-order chi connectivity index (χ1) is 16.9. The van der Waals surface area contributed by atoms with Gasteiger partial charge in [-0.05, 0) is 42.3 Å². The lowest BCUT2D eigenvalue weighted by Gasteiger charge is -2.36. The molecule has 1 saturated heterocycles. The third kappa shape index (κ3) is 3.31. The molecule has 2 aliphatic heterocycles. The summed E-state index contributed by atoms with van der Waals surface area (Å²) >= 11 is 0. The van der Waals surface area contributed by atoms with Crippen LogP contribution in [-0.4, -0.2) is 30.9 Å². The average molecular weight is 464 g/mol. The van der Waals surface area contributed by atoms with Crippen LogP contribution in [0, 0.1) is 23.7 Å². The van der Waals surface area contributed by atoms with Gasteiger partial charge in [-0.1, -0.05) is 66.2 Å². The Hall–Kier alpha value is -4.37. The van der Waals surface area contributed by atoms with Gasteiger partial charge in [-0.25, -0.2) is 0 Å². The third-order valence-electron chi connectivity index (χ3n) is 7.17. The Morgan fingerprint density at radius 3 is 2.51 bits per heavy atom. The van der Waals surface area contributed by atoms with Crippen molar-refractivity contribution in [3.63, 3.8) is 0 Å². The van der Waals surface area contributed by atoms with E-state index in [1.807, 2.05) is 72.5 Å². The molecule has 0 radical (unpaired) electrons. The fourth-order valence-electron chi connectivity index (χ4n) is 5.59. The van der Waals surface area contributed by atoms with Crippen molar-refractivity contribution >= 4 is 23.5 Å². The maximum absolute atomic E-state index is 14.3. The second-order valence-corrected chi connectivity index (χ2v) is 9.05. The minimum Gasteiger partial charge on any atom is -0.497 e.